The molecular weight excluding hydrogens is 395 g/mol. The van der Waals surface area contributed by atoms with Crippen molar-refractivity contribution >= 4 is 22.5 Å². The SMILES string of the molecule is O=C1N(Cc2cnc3ccccc3c2)c2cccc([C@@H](O)C(F)(F)F)c2C1(F)F. The van der Waals surface area contributed by atoms with Crippen LogP contribution in [0.3, 0.4) is 0 Å². The quantitative estimate of drug-likeness (QED) is 0.651. The van der Waals surface area contributed by atoms with Crippen LogP contribution in [0, 0.1) is 0 Å². The number of benzene rings is 2. The van der Waals surface area contributed by atoms with Crippen LogP contribution in [0.2, 0.25) is 0 Å². The molecule has 2 heterocycles. The number of carbonyl (C=O) groups is 1. The molecule has 0 unspecified atom stereocenters. The standard InChI is InChI=1S/C20H13F5N2O2/c21-19(22)16-13(17(28)20(23,24)25)5-3-7-15(16)27(18(19)29)10-11-8-12-4-1-2-6-14(12)26-9-11/h1-9,17,28H,10H2/t17-/m1/s1. The molecule has 1 amide bonds. The predicted octanol–water partition coefficient (Wildman–Crippen LogP) is 4.47. The number of halogens is 5. The van der Waals surface area contributed by atoms with Gasteiger partial charge in [0, 0.05) is 17.1 Å². The van der Waals surface area contributed by atoms with Crippen LogP contribution in [0.25, 0.3) is 10.9 Å². The molecule has 0 fully saturated rings. The average Bonchev–Trinajstić information content (AvgIpc) is 2.87. The predicted molar refractivity (Wildman–Crippen MR) is 94.3 cm³/mol. The van der Waals surface area contributed by atoms with Gasteiger partial charge in [0.05, 0.1) is 23.3 Å². The van der Waals surface area contributed by atoms with Crippen LogP contribution in [0.15, 0.2) is 54.7 Å². The zero-order valence-corrected chi connectivity index (χ0v) is 14.6. The minimum absolute atomic E-state index is 0.301. The number of hydrogen-bond donors (Lipinski definition) is 1. The summed E-state index contributed by atoms with van der Waals surface area (Å²) in [5, 5.41) is 10.3. The van der Waals surface area contributed by atoms with E-state index in [1.54, 1.807) is 30.3 Å². The van der Waals surface area contributed by atoms with E-state index in [0.29, 0.717) is 16.0 Å². The van der Waals surface area contributed by atoms with Crippen molar-refractivity contribution in [2.45, 2.75) is 24.7 Å². The largest absolute Gasteiger partial charge is 0.418 e. The zero-order valence-electron chi connectivity index (χ0n) is 14.6. The number of alkyl halides is 5. The van der Waals surface area contributed by atoms with E-state index in [1.165, 1.54) is 6.20 Å². The number of aliphatic hydroxyl groups excluding tert-OH is 1. The first-order valence-electron chi connectivity index (χ1n) is 8.52. The summed E-state index contributed by atoms with van der Waals surface area (Å²) in [6.07, 6.45) is -6.86. The summed E-state index contributed by atoms with van der Waals surface area (Å²) in [6, 6.07) is 11.7. The molecule has 9 heteroatoms. The maximum atomic E-state index is 14.7. The van der Waals surface area contributed by atoms with Gasteiger partial charge in [-0.2, -0.15) is 22.0 Å². The Hall–Kier alpha value is -3.07. The third kappa shape index (κ3) is 3.11. The van der Waals surface area contributed by atoms with E-state index < -0.39 is 35.2 Å². The molecule has 1 atom stereocenters. The maximum absolute atomic E-state index is 14.7. The Bertz CT molecular complexity index is 1110. The number of carbonyl (C=O) groups excluding carboxylic acids is 1. The smallest absolute Gasteiger partial charge is 0.379 e. The van der Waals surface area contributed by atoms with Gasteiger partial charge in [0.1, 0.15) is 0 Å². The second-order valence-corrected chi connectivity index (χ2v) is 6.69. The minimum atomic E-state index is -5.15. The molecule has 4 rings (SSSR count). The van der Waals surface area contributed by atoms with Gasteiger partial charge in [0.15, 0.2) is 6.10 Å². The van der Waals surface area contributed by atoms with Gasteiger partial charge in [-0.15, -0.1) is 0 Å². The van der Waals surface area contributed by atoms with Gasteiger partial charge in [0.25, 0.3) is 0 Å². The van der Waals surface area contributed by atoms with Gasteiger partial charge in [-0.3, -0.25) is 9.78 Å². The molecule has 29 heavy (non-hydrogen) atoms. The van der Waals surface area contributed by atoms with Crippen molar-refractivity contribution in [3.05, 3.63) is 71.4 Å². The molecule has 150 valence electrons. The molecule has 0 radical (unpaired) electrons. The molecule has 2 aromatic carbocycles. The number of hydrogen-bond acceptors (Lipinski definition) is 3. The first-order valence-corrected chi connectivity index (χ1v) is 8.52. The van der Waals surface area contributed by atoms with Crippen LogP contribution in [-0.4, -0.2) is 22.2 Å². The van der Waals surface area contributed by atoms with Crippen molar-refractivity contribution in [2.75, 3.05) is 4.90 Å². The van der Waals surface area contributed by atoms with Gasteiger partial charge in [0.2, 0.25) is 0 Å². The Labute approximate surface area is 161 Å². The Morgan fingerprint density at radius 1 is 1.10 bits per heavy atom. The Morgan fingerprint density at radius 3 is 2.55 bits per heavy atom. The van der Waals surface area contributed by atoms with E-state index in [-0.39, 0.29) is 12.2 Å². The molecule has 1 aromatic heterocycles. The lowest BCUT2D eigenvalue weighted by Gasteiger charge is -2.20. The number of fused-ring (bicyclic) bond motifs is 2. The number of anilines is 1. The van der Waals surface area contributed by atoms with Crippen molar-refractivity contribution in [3.8, 4) is 0 Å². The average molecular weight is 408 g/mol. The van der Waals surface area contributed by atoms with Gasteiger partial charge in [-0.25, -0.2) is 0 Å². The van der Waals surface area contributed by atoms with Crippen LogP contribution < -0.4 is 4.90 Å². The van der Waals surface area contributed by atoms with E-state index in [2.05, 4.69) is 4.98 Å². The molecule has 3 aromatic rings. The molecular formula is C20H13F5N2O2. The summed E-state index contributed by atoms with van der Waals surface area (Å²) in [5.41, 5.74) is -1.42. The molecule has 0 saturated heterocycles. The van der Waals surface area contributed by atoms with Crippen LogP contribution >= 0.6 is 0 Å². The number of pyridine rings is 1. The summed E-state index contributed by atoms with van der Waals surface area (Å²) < 4.78 is 68.1. The fourth-order valence-electron chi connectivity index (χ4n) is 3.46. The molecule has 0 saturated carbocycles. The normalized spacial score (nSPS) is 16.9. The number of nitrogens with zero attached hydrogens (tertiary/aromatic N) is 2. The number of amides is 1. The second kappa shape index (κ2) is 6.48. The zero-order chi connectivity index (χ0) is 21.0. The van der Waals surface area contributed by atoms with Crippen LogP contribution in [0.5, 0.6) is 0 Å². The molecule has 1 aliphatic heterocycles. The maximum Gasteiger partial charge on any atom is 0.418 e. The van der Waals surface area contributed by atoms with E-state index in [0.717, 1.165) is 23.6 Å². The van der Waals surface area contributed by atoms with E-state index in [1.807, 2.05) is 0 Å². The highest BCUT2D eigenvalue weighted by atomic mass is 19.4. The lowest BCUT2D eigenvalue weighted by atomic mass is 9.97. The summed E-state index contributed by atoms with van der Waals surface area (Å²) in [7, 11) is 0. The minimum Gasteiger partial charge on any atom is -0.379 e. The van der Waals surface area contributed by atoms with E-state index in [4.69, 9.17) is 0 Å². The summed E-state index contributed by atoms with van der Waals surface area (Å²) in [6.45, 7) is -0.301. The monoisotopic (exact) mass is 408 g/mol. The number of aromatic nitrogens is 1. The highest BCUT2D eigenvalue weighted by Crippen LogP contribution is 2.49. The lowest BCUT2D eigenvalue weighted by molar-refractivity contribution is -0.207. The van der Waals surface area contributed by atoms with Crippen molar-refractivity contribution in [3.63, 3.8) is 0 Å². The number of aliphatic hydroxyl groups is 1. The summed E-state index contributed by atoms with van der Waals surface area (Å²) in [5.74, 6) is -5.84. The third-order valence-corrected chi connectivity index (χ3v) is 4.79. The fraction of sp³-hybridized carbons (Fsp3) is 0.200. The van der Waals surface area contributed by atoms with Crippen molar-refractivity contribution in [2.24, 2.45) is 0 Å². The topological polar surface area (TPSA) is 53.4 Å². The van der Waals surface area contributed by atoms with Crippen molar-refractivity contribution in [1.29, 1.82) is 0 Å². The summed E-state index contributed by atoms with van der Waals surface area (Å²) >= 11 is 0. The van der Waals surface area contributed by atoms with Crippen LogP contribution in [0.4, 0.5) is 27.6 Å². The Balaban J connectivity index is 1.78. The molecule has 0 bridgehead atoms. The van der Waals surface area contributed by atoms with Crippen molar-refractivity contribution in [1.82, 2.24) is 4.98 Å². The molecule has 0 aliphatic carbocycles. The first kappa shape index (κ1) is 19.3. The van der Waals surface area contributed by atoms with Crippen molar-refractivity contribution < 1.29 is 31.9 Å². The van der Waals surface area contributed by atoms with Gasteiger partial charge in [-0.1, -0.05) is 30.3 Å². The highest BCUT2D eigenvalue weighted by Gasteiger charge is 2.56. The molecule has 1 N–H and O–H groups in total. The van der Waals surface area contributed by atoms with E-state index >= 15 is 0 Å². The summed E-state index contributed by atoms with van der Waals surface area (Å²) in [4.78, 5) is 17.3. The molecule has 1 aliphatic rings. The third-order valence-electron chi connectivity index (χ3n) is 4.79. The van der Waals surface area contributed by atoms with Gasteiger partial charge in [-0.05, 0) is 23.8 Å². The van der Waals surface area contributed by atoms with Crippen LogP contribution in [-0.2, 0) is 17.3 Å². The number of para-hydroxylation sites is 1. The Kier molecular flexibility index (Phi) is 4.30. The molecule has 4 nitrogen and oxygen atoms in total. The lowest BCUT2D eigenvalue weighted by Crippen LogP contribution is -2.34. The molecule has 0 spiro atoms. The highest BCUT2D eigenvalue weighted by molar-refractivity contribution is 6.06. The fourth-order valence-corrected chi connectivity index (χ4v) is 3.46. The Morgan fingerprint density at radius 2 is 1.83 bits per heavy atom. The van der Waals surface area contributed by atoms with Gasteiger partial charge < -0.3 is 10.0 Å². The van der Waals surface area contributed by atoms with Crippen LogP contribution in [0.1, 0.15) is 22.8 Å². The number of rotatable bonds is 3. The first-order chi connectivity index (χ1) is 13.6. The van der Waals surface area contributed by atoms with E-state index in [9.17, 15) is 31.9 Å². The van der Waals surface area contributed by atoms with Gasteiger partial charge >= 0.3 is 18.0 Å². The second-order valence-electron chi connectivity index (χ2n) is 6.69.